The topological polar surface area (TPSA) is 141 Å². The number of likely N-dealkylation sites (tertiary alicyclic amines) is 1. The molecule has 4 N–H and O–H groups in total. The number of hydrogen-bond acceptors (Lipinski definition) is 8. The number of hydrogen-bond donors (Lipinski definition) is 4. The molecule has 1 atom stereocenters. The minimum absolute atomic E-state index is 0.0131. The van der Waals surface area contributed by atoms with Crippen LogP contribution < -0.4 is 26.8 Å². The van der Waals surface area contributed by atoms with Gasteiger partial charge in [-0.2, -0.15) is 0 Å². The first-order valence-electron chi connectivity index (χ1n) is 13.7. The first kappa shape index (κ1) is 30.2. The van der Waals surface area contributed by atoms with Crippen molar-refractivity contribution in [3.8, 4) is 0 Å². The van der Waals surface area contributed by atoms with E-state index in [9.17, 15) is 24.3 Å². The number of pyridine rings is 1. The van der Waals surface area contributed by atoms with Gasteiger partial charge >= 0.3 is 5.97 Å². The monoisotopic (exact) mass is 621 g/mol. The van der Waals surface area contributed by atoms with Gasteiger partial charge in [-0.25, -0.2) is 0 Å². The van der Waals surface area contributed by atoms with E-state index in [1.807, 2.05) is 18.2 Å². The van der Waals surface area contributed by atoms with Gasteiger partial charge in [0, 0.05) is 43.8 Å². The lowest BCUT2D eigenvalue weighted by Gasteiger charge is -2.33. The summed E-state index contributed by atoms with van der Waals surface area (Å²) in [6.07, 6.45) is 3.88. The molecular formula is C31H29Cl2N5O5. The molecule has 1 fully saturated rings. The third kappa shape index (κ3) is 7.22. The largest absolute Gasteiger partial charge is 0.481 e. The standard InChI is InChI=1S/C31H29Cl2N5O5/c32-22-15-34-16-23(33)26(22)31(43)36-20-8-6-19(7-9-20)24(14-25(39)40)37-28-27(29(41)30(28)42)35-21-10-12-38(13-11-21)17-18-4-2-1-3-5-18/h1-9,15-16,21,24,35,37H,10-14,17H2,(H,36,43)(H,39,40)/t24-/m0/s1. The van der Waals surface area contributed by atoms with Crippen molar-refractivity contribution >= 4 is 52.1 Å². The summed E-state index contributed by atoms with van der Waals surface area (Å²) in [6, 6.07) is 15.9. The van der Waals surface area contributed by atoms with Crippen molar-refractivity contribution in [2.24, 2.45) is 0 Å². The van der Waals surface area contributed by atoms with Crippen molar-refractivity contribution in [1.29, 1.82) is 0 Å². The molecule has 12 heteroatoms. The Morgan fingerprint density at radius 3 is 2.19 bits per heavy atom. The number of carboxylic acids is 1. The first-order chi connectivity index (χ1) is 20.7. The lowest BCUT2D eigenvalue weighted by atomic mass is 10.0. The highest BCUT2D eigenvalue weighted by Crippen LogP contribution is 2.29. The Bertz CT molecular complexity index is 1660. The lowest BCUT2D eigenvalue weighted by Crippen LogP contribution is -2.44. The van der Waals surface area contributed by atoms with Crippen molar-refractivity contribution in [1.82, 2.24) is 9.88 Å². The van der Waals surface area contributed by atoms with Crippen LogP contribution in [0, 0.1) is 0 Å². The highest BCUT2D eigenvalue weighted by atomic mass is 35.5. The van der Waals surface area contributed by atoms with Crippen LogP contribution in [0.15, 0.2) is 76.6 Å². The second-order valence-electron chi connectivity index (χ2n) is 10.4. The molecule has 0 aliphatic carbocycles. The number of aromatic nitrogens is 1. The molecule has 1 amide bonds. The van der Waals surface area contributed by atoms with E-state index in [1.54, 1.807) is 24.3 Å². The first-order valence-corrected chi connectivity index (χ1v) is 14.5. The van der Waals surface area contributed by atoms with Crippen LogP contribution in [0.3, 0.4) is 0 Å². The van der Waals surface area contributed by atoms with Gasteiger partial charge in [0.25, 0.3) is 16.8 Å². The summed E-state index contributed by atoms with van der Waals surface area (Å²) in [5.74, 6) is -1.62. The Kier molecular flexibility index (Phi) is 9.40. The van der Waals surface area contributed by atoms with Gasteiger partial charge in [0.15, 0.2) is 0 Å². The number of carbonyl (C=O) groups is 2. The smallest absolute Gasteiger partial charge is 0.305 e. The van der Waals surface area contributed by atoms with Gasteiger partial charge in [0.1, 0.15) is 11.4 Å². The number of rotatable bonds is 11. The van der Waals surface area contributed by atoms with Crippen molar-refractivity contribution < 1.29 is 14.7 Å². The second kappa shape index (κ2) is 13.4. The van der Waals surface area contributed by atoms with Gasteiger partial charge in [-0.3, -0.25) is 29.1 Å². The minimum Gasteiger partial charge on any atom is -0.481 e. The van der Waals surface area contributed by atoms with Crippen molar-refractivity contribution in [3.63, 3.8) is 0 Å². The molecule has 1 aliphatic heterocycles. The Morgan fingerprint density at radius 2 is 1.56 bits per heavy atom. The van der Waals surface area contributed by atoms with Gasteiger partial charge in [-0.15, -0.1) is 0 Å². The summed E-state index contributed by atoms with van der Waals surface area (Å²) < 4.78 is 0. The summed E-state index contributed by atoms with van der Waals surface area (Å²) in [4.78, 5) is 55.6. The van der Waals surface area contributed by atoms with E-state index in [-0.39, 0.29) is 39.4 Å². The average molecular weight is 623 g/mol. The van der Waals surface area contributed by atoms with Gasteiger partial charge < -0.3 is 21.1 Å². The number of piperidine rings is 1. The van der Waals surface area contributed by atoms with Crippen LogP contribution in [0.2, 0.25) is 10.0 Å². The van der Waals surface area contributed by atoms with Crippen LogP contribution in [0.4, 0.5) is 17.1 Å². The second-order valence-corrected chi connectivity index (χ2v) is 11.3. The maximum atomic E-state index is 12.7. The number of nitrogens with one attached hydrogen (secondary N) is 3. The molecule has 1 aliphatic rings. The van der Waals surface area contributed by atoms with E-state index in [1.165, 1.54) is 18.0 Å². The molecule has 5 rings (SSSR count). The highest BCUT2D eigenvalue weighted by Gasteiger charge is 2.28. The number of nitrogens with zero attached hydrogens (tertiary/aromatic N) is 2. The zero-order valence-corrected chi connectivity index (χ0v) is 24.5. The highest BCUT2D eigenvalue weighted by molar-refractivity contribution is 6.40. The van der Waals surface area contributed by atoms with E-state index in [0.29, 0.717) is 11.3 Å². The molecule has 0 spiro atoms. The number of anilines is 3. The van der Waals surface area contributed by atoms with E-state index in [0.717, 1.165) is 32.5 Å². The maximum Gasteiger partial charge on any atom is 0.305 e. The molecule has 222 valence electrons. The average Bonchev–Trinajstić information content (AvgIpc) is 2.99. The summed E-state index contributed by atoms with van der Waals surface area (Å²) in [6.45, 7) is 2.54. The molecule has 2 heterocycles. The predicted octanol–water partition coefficient (Wildman–Crippen LogP) is 4.94. The van der Waals surface area contributed by atoms with Gasteiger partial charge in [-0.1, -0.05) is 65.7 Å². The Hall–Kier alpha value is -4.25. The Balaban J connectivity index is 1.24. The molecule has 1 aromatic heterocycles. The van der Waals surface area contributed by atoms with Crippen LogP contribution in [0.1, 0.15) is 46.8 Å². The third-order valence-corrected chi connectivity index (χ3v) is 8.02. The quantitative estimate of drug-likeness (QED) is 0.171. The summed E-state index contributed by atoms with van der Waals surface area (Å²) in [5.41, 5.74) is 1.26. The Morgan fingerprint density at radius 1 is 0.930 bits per heavy atom. The molecule has 10 nitrogen and oxygen atoms in total. The van der Waals surface area contributed by atoms with Crippen LogP contribution >= 0.6 is 23.2 Å². The SMILES string of the molecule is O=C(O)C[C@H](Nc1c(NC2CCN(Cc3ccccc3)CC2)c(=O)c1=O)c1ccc(NC(=O)c2c(Cl)cncc2Cl)cc1. The summed E-state index contributed by atoms with van der Waals surface area (Å²) >= 11 is 12.1. The number of benzene rings is 2. The van der Waals surface area contributed by atoms with Crippen molar-refractivity contribution in [3.05, 3.63) is 114 Å². The van der Waals surface area contributed by atoms with Crippen LogP contribution in [-0.2, 0) is 11.3 Å². The van der Waals surface area contributed by atoms with E-state index >= 15 is 0 Å². The number of amides is 1. The molecule has 0 radical (unpaired) electrons. The molecule has 0 bridgehead atoms. The molecule has 4 aromatic rings. The number of carboxylic acid groups (broad SMARTS) is 1. The fourth-order valence-corrected chi connectivity index (χ4v) is 5.71. The van der Waals surface area contributed by atoms with Crippen molar-refractivity contribution in [2.75, 3.05) is 29.0 Å². The van der Waals surface area contributed by atoms with E-state index in [2.05, 4.69) is 38.0 Å². The van der Waals surface area contributed by atoms with E-state index < -0.39 is 28.8 Å². The maximum absolute atomic E-state index is 12.7. The Labute approximate surface area is 257 Å². The van der Waals surface area contributed by atoms with Gasteiger partial charge in [0.2, 0.25) is 0 Å². The number of carbonyl (C=O) groups excluding carboxylic acids is 1. The van der Waals surface area contributed by atoms with Crippen LogP contribution in [0.25, 0.3) is 0 Å². The molecule has 1 saturated heterocycles. The van der Waals surface area contributed by atoms with E-state index in [4.69, 9.17) is 23.2 Å². The minimum atomic E-state index is -1.09. The summed E-state index contributed by atoms with van der Waals surface area (Å²) in [7, 11) is 0. The van der Waals surface area contributed by atoms with Crippen LogP contribution in [-0.4, -0.2) is 46.0 Å². The zero-order valence-electron chi connectivity index (χ0n) is 23.0. The fraction of sp³-hybridized carbons (Fsp3) is 0.258. The van der Waals surface area contributed by atoms with Crippen LogP contribution in [0.5, 0.6) is 0 Å². The fourth-order valence-electron chi connectivity index (χ4n) is 5.17. The summed E-state index contributed by atoms with van der Waals surface area (Å²) in [5, 5.41) is 18.7. The third-order valence-electron chi connectivity index (χ3n) is 7.44. The molecule has 3 aromatic carbocycles. The lowest BCUT2D eigenvalue weighted by molar-refractivity contribution is -0.137. The van der Waals surface area contributed by atoms with Gasteiger partial charge in [-0.05, 0) is 36.1 Å². The van der Waals surface area contributed by atoms with Crippen molar-refractivity contribution in [2.45, 2.75) is 37.9 Å². The molecular weight excluding hydrogens is 593 g/mol. The zero-order chi connectivity index (χ0) is 30.5. The number of halogens is 2. The molecule has 0 saturated carbocycles. The molecule has 43 heavy (non-hydrogen) atoms. The predicted molar refractivity (Wildman–Crippen MR) is 167 cm³/mol. The molecule has 0 unspecified atom stereocenters. The van der Waals surface area contributed by atoms with Gasteiger partial charge in [0.05, 0.1) is 28.1 Å². The number of aliphatic carboxylic acids is 1. The normalized spacial score (nSPS) is 14.7.